The Kier molecular flexibility index (Phi) is 5.99. The van der Waals surface area contributed by atoms with Crippen LogP contribution in [0.4, 0.5) is 4.39 Å². The molecule has 0 bridgehead atoms. The van der Waals surface area contributed by atoms with Gasteiger partial charge in [0.15, 0.2) is 0 Å². The van der Waals surface area contributed by atoms with Crippen LogP contribution in [0.1, 0.15) is 49.8 Å². The van der Waals surface area contributed by atoms with Crippen LogP contribution in [0.15, 0.2) is 18.2 Å². The zero-order valence-corrected chi connectivity index (χ0v) is 12.8. The van der Waals surface area contributed by atoms with Gasteiger partial charge in [-0.1, -0.05) is 38.3 Å². The molecule has 1 fully saturated rings. The van der Waals surface area contributed by atoms with E-state index in [0.717, 1.165) is 31.7 Å². The Labute approximate surface area is 122 Å². The Morgan fingerprint density at radius 2 is 2.00 bits per heavy atom. The molecule has 1 atom stereocenters. The number of nitrogens with zero attached hydrogens (tertiary/aromatic N) is 1. The number of aryl methyl sites for hydroxylation is 1. The van der Waals surface area contributed by atoms with Gasteiger partial charge in [0.2, 0.25) is 0 Å². The molecule has 0 unspecified atom stereocenters. The first kappa shape index (κ1) is 15.5. The molecule has 0 radical (unpaired) electrons. The van der Waals surface area contributed by atoms with Crippen molar-refractivity contribution < 1.29 is 4.39 Å². The highest BCUT2D eigenvalue weighted by Crippen LogP contribution is 2.28. The van der Waals surface area contributed by atoms with Crippen molar-refractivity contribution in [3.63, 3.8) is 0 Å². The average Bonchev–Trinajstić information content (AvgIpc) is 2.48. The second-order valence-electron chi connectivity index (χ2n) is 5.81. The molecule has 1 aromatic carbocycles. The summed E-state index contributed by atoms with van der Waals surface area (Å²) in [5, 5.41) is 3.41. The molecule has 0 aliphatic carbocycles. The summed E-state index contributed by atoms with van der Waals surface area (Å²) in [5.74, 6) is -0.0960. The summed E-state index contributed by atoms with van der Waals surface area (Å²) >= 11 is 0. The maximum absolute atomic E-state index is 13.5. The lowest BCUT2D eigenvalue weighted by atomic mass is 9.96. The number of hydrogen-bond acceptors (Lipinski definition) is 2. The van der Waals surface area contributed by atoms with E-state index in [4.69, 9.17) is 0 Å². The highest BCUT2D eigenvalue weighted by molar-refractivity contribution is 5.26. The van der Waals surface area contributed by atoms with Gasteiger partial charge >= 0.3 is 0 Å². The third kappa shape index (κ3) is 4.03. The highest BCUT2D eigenvalue weighted by Gasteiger charge is 2.22. The molecule has 0 amide bonds. The summed E-state index contributed by atoms with van der Waals surface area (Å²) in [4.78, 5) is 2.55. The number of unbranched alkanes of at least 4 members (excludes halogenated alkanes) is 2. The quantitative estimate of drug-likeness (QED) is 0.799. The number of halogens is 1. The average molecular weight is 278 g/mol. The topological polar surface area (TPSA) is 15.3 Å². The number of piperazine rings is 1. The second-order valence-corrected chi connectivity index (χ2v) is 5.81. The SMILES string of the molecule is CCCCC[C@H](c1ccc(F)c(C)c1)N1CCNCC1. The first-order chi connectivity index (χ1) is 9.72. The fourth-order valence-electron chi connectivity index (χ4n) is 3.02. The van der Waals surface area contributed by atoms with Crippen molar-refractivity contribution in [3.05, 3.63) is 35.1 Å². The summed E-state index contributed by atoms with van der Waals surface area (Å²) < 4.78 is 13.5. The molecule has 20 heavy (non-hydrogen) atoms. The van der Waals surface area contributed by atoms with E-state index in [9.17, 15) is 4.39 Å². The maximum atomic E-state index is 13.5. The van der Waals surface area contributed by atoms with Gasteiger partial charge < -0.3 is 5.32 Å². The fraction of sp³-hybridized carbons (Fsp3) is 0.647. The molecule has 1 aliphatic heterocycles. The highest BCUT2D eigenvalue weighted by atomic mass is 19.1. The summed E-state index contributed by atoms with van der Waals surface area (Å²) in [6.45, 7) is 8.40. The molecule has 1 heterocycles. The third-order valence-corrected chi connectivity index (χ3v) is 4.24. The molecule has 0 aromatic heterocycles. The van der Waals surface area contributed by atoms with Crippen LogP contribution in [-0.2, 0) is 0 Å². The molecule has 3 heteroatoms. The van der Waals surface area contributed by atoms with E-state index in [2.05, 4.69) is 17.1 Å². The monoisotopic (exact) mass is 278 g/mol. The van der Waals surface area contributed by atoms with Gasteiger partial charge in [-0.15, -0.1) is 0 Å². The fourth-order valence-corrected chi connectivity index (χ4v) is 3.02. The van der Waals surface area contributed by atoms with Crippen molar-refractivity contribution in [1.29, 1.82) is 0 Å². The lowest BCUT2D eigenvalue weighted by Gasteiger charge is -2.35. The molecule has 112 valence electrons. The van der Waals surface area contributed by atoms with Gasteiger partial charge in [-0.05, 0) is 30.5 Å². The minimum atomic E-state index is -0.0960. The Morgan fingerprint density at radius 1 is 1.25 bits per heavy atom. The normalized spacial score (nSPS) is 18.1. The predicted octanol–water partition coefficient (Wildman–Crippen LogP) is 3.66. The van der Waals surface area contributed by atoms with Gasteiger partial charge in [0.05, 0.1) is 0 Å². The van der Waals surface area contributed by atoms with Crippen LogP contribution in [0.5, 0.6) is 0 Å². The molecule has 1 saturated heterocycles. The molecule has 1 aliphatic rings. The van der Waals surface area contributed by atoms with Crippen molar-refractivity contribution in [3.8, 4) is 0 Å². The Bertz CT molecular complexity index is 413. The van der Waals surface area contributed by atoms with Crippen LogP contribution >= 0.6 is 0 Å². The number of nitrogens with one attached hydrogen (secondary N) is 1. The summed E-state index contributed by atoms with van der Waals surface area (Å²) in [6.07, 6.45) is 4.96. The molecule has 1 aromatic rings. The van der Waals surface area contributed by atoms with E-state index < -0.39 is 0 Å². The molecule has 1 N–H and O–H groups in total. The zero-order chi connectivity index (χ0) is 14.4. The molecule has 0 saturated carbocycles. The van der Waals surface area contributed by atoms with Crippen LogP contribution in [-0.4, -0.2) is 31.1 Å². The van der Waals surface area contributed by atoms with E-state index in [1.807, 2.05) is 19.1 Å². The van der Waals surface area contributed by atoms with Crippen LogP contribution in [0, 0.1) is 12.7 Å². The van der Waals surface area contributed by atoms with E-state index in [1.165, 1.54) is 31.2 Å². The van der Waals surface area contributed by atoms with E-state index in [-0.39, 0.29) is 5.82 Å². The van der Waals surface area contributed by atoms with Crippen molar-refractivity contribution in [2.75, 3.05) is 26.2 Å². The minimum Gasteiger partial charge on any atom is -0.314 e. The summed E-state index contributed by atoms with van der Waals surface area (Å²) in [6, 6.07) is 6.08. The lowest BCUT2D eigenvalue weighted by molar-refractivity contribution is 0.162. The first-order valence-electron chi connectivity index (χ1n) is 7.93. The molecule has 2 rings (SSSR count). The second kappa shape index (κ2) is 7.75. The van der Waals surface area contributed by atoms with Crippen molar-refractivity contribution in [2.45, 2.75) is 45.6 Å². The standard InChI is InChI=1S/C17H27FN2/c1-3-4-5-6-17(20-11-9-19-10-12-20)15-7-8-16(18)14(2)13-15/h7-8,13,17,19H,3-6,9-12H2,1-2H3/t17-/m1/s1. The maximum Gasteiger partial charge on any atom is 0.126 e. The van der Waals surface area contributed by atoms with Crippen molar-refractivity contribution in [1.82, 2.24) is 10.2 Å². The van der Waals surface area contributed by atoms with Crippen LogP contribution in [0.25, 0.3) is 0 Å². The smallest absolute Gasteiger partial charge is 0.126 e. The van der Waals surface area contributed by atoms with Crippen LogP contribution in [0.2, 0.25) is 0 Å². The summed E-state index contributed by atoms with van der Waals surface area (Å²) in [5.41, 5.74) is 2.04. The Morgan fingerprint density at radius 3 is 2.65 bits per heavy atom. The molecule has 2 nitrogen and oxygen atoms in total. The van der Waals surface area contributed by atoms with Gasteiger partial charge in [0, 0.05) is 32.2 Å². The number of rotatable bonds is 6. The van der Waals surface area contributed by atoms with Crippen molar-refractivity contribution in [2.24, 2.45) is 0 Å². The largest absolute Gasteiger partial charge is 0.314 e. The van der Waals surface area contributed by atoms with Gasteiger partial charge in [-0.25, -0.2) is 4.39 Å². The molecule has 0 spiro atoms. The predicted molar refractivity (Wildman–Crippen MR) is 82.5 cm³/mol. The van der Waals surface area contributed by atoms with E-state index in [0.29, 0.717) is 6.04 Å². The Hall–Kier alpha value is -0.930. The van der Waals surface area contributed by atoms with Gasteiger partial charge in [0.25, 0.3) is 0 Å². The summed E-state index contributed by atoms with van der Waals surface area (Å²) in [7, 11) is 0. The van der Waals surface area contributed by atoms with Gasteiger partial charge in [0.1, 0.15) is 5.82 Å². The van der Waals surface area contributed by atoms with E-state index >= 15 is 0 Å². The lowest BCUT2D eigenvalue weighted by Crippen LogP contribution is -2.45. The minimum absolute atomic E-state index is 0.0960. The third-order valence-electron chi connectivity index (χ3n) is 4.24. The Balaban J connectivity index is 2.12. The molecular formula is C17H27FN2. The van der Waals surface area contributed by atoms with Crippen LogP contribution < -0.4 is 5.32 Å². The number of hydrogen-bond donors (Lipinski definition) is 1. The van der Waals surface area contributed by atoms with E-state index in [1.54, 1.807) is 6.07 Å². The number of benzene rings is 1. The first-order valence-corrected chi connectivity index (χ1v) is 7.93. The van der Waals surface area contributed by atoms with Crippen molar-refractivity contribution >= 4 is 0 Å². The van der Waals surface area contributed by atoms with Crippen LogP contribution in [0.3, 0.4) is 0 Å². The van der Waals surface area contributed by atoms with Gasteiger partial charge in [-0.3, -0.25) is 4.90 Å². The van der Waals surface area contributed by atoms with Gasteiger partial charge in [-0.2, -0.15) is 0 Å². The zero-order valence-electron chi connectivity index (χ0n) is 12.8. The molecular weight excluding hydrogens is 251 g/mol.